The fraction of sp³-hybridized carbons (Fsp3) is 0.188. The van der Waals surface area contributed by atoms with E-state index in [4.69, 9.17) is 10.5 Å². The predicted octanol–water partition coefficient (Wildman–Crippen LogP) is 2.68. The number of aromatic hydroxyl groups is 1. The topological polar surface area (TPSA) is 116 Å². The van der Waals surface area contributed by atoms with E-state index in [9.17, 15) is 20.0 Å². The van der Waals surface area contributed by atoms with Crippen LogP contribution in [0.25, 0.3) is 0 Å². The summed E-state index contributed by atoms with van der Waals surface area (Å²) in [6.07, 6.45) is 0.623. The fourth-order valence-corrected chi connectivity index (χ4v) is 2.21. The highest BCUT2D eigenvalue weighted by molar-refractivity contribution is 6.13. The maximum Gasteiger partial charge on any atom is 0.310 e. The molecule has 0 aliphatic heterocycles. The molecule has 0 atom stereocenters. The fourth-order valence-electron chi connectivity index (χ4n) is 2.21. The molecule has 3 N–H and O–H groups in total. The molecule has 2 rings (SSSR count). The molecule has 0 unspecified atom stereocenters. The van der Waals surface area contributed by atoms with Gasteiger partial charge in [0, 0.05) is 17.2 Å². The minimum absolute atomic E-state index is 0.0183. The van der Waals surface area contributed by atoms with Crippen LogP contribution in [0, 0.1) is 10.1 Å². The summed E-state index contributed by atoms with van der Waals surface area (Å²) in [6, 6.07) is 6.92. The summed E-state index contributed by atoms with van der Waals surface area (Å²) in [5, 5.41) is 20.7. The highest BCUT2D eigenvalue weighted by Gasteiger charge is 2.21. The molecule has 23 heavy (non-hydrogen) atoms. The van der Waals surface area contributed by atoms with E-state index in [-0.39, 0.29) is 34.0 Å². The first kappa shape index (κ1) is 16.3. The number of methoxy groups -OCH3 is 1. The standard InChI is InChI=1S/C16H16N2O5/c1-3-9-6-11(15(17)13(19)7-9)16(20)10-4-5-12(18(21)22)14(8-10)23-2/h4-8,19H,3,17H2,1-2H3. The largest absolute Gasteiger partial charge is 0.506 e. The van der Waals surface area contributed by atoms with Crippen molar-refractivity contribution in [3.63, 3.8) is 0 Å². The van der Waals surface area contributed by atoms with Gasteiger partial charge in [-0.3, -0.25) is 14.9 Å². The molecule has 0 saturated heterocycles. The lowest BCUT2D eigenvalue weighted by molar-refractivity contribution is -0.385. The van der Waals surface area contributed by atoms with Crippen molar-refractivity contribution in [3.05, 3.63) is 57.1 Å². The lowest BCUT2D eigenvalue weighted by Gasteiger charge is -2.10. The third-order valence-electron chi connectivity index (χ3n) is 3.51. The lowest BCUT2D eigenvalue weighted by atomic mass is 9.97. The second kappa shape index (κ2) is 6.35. The third-order valence-corrected chi connectivity index (χ3v) is 3.51. The van der Waals surface area contributed by atoms with Crippen molar-refractivity contribution in [1.29, 1.82) is 0 Å². The van der Waals surface area contributed by atoms with Crippen molar-refractivity contribution in [2.75, 3.05) is 12.8 Å². The molecule has 2 aromatic rings. The zero-order chi connectivity index (χ0) is 17.1. The number of nitro groups is 1. The van der Waals surface area contributed by atoms with Gasteiger partial charge < -0.3 is 15.6 Å². The van der Waals surface area contributed by atoms with Crippen LogP contribution in [-0.4, -0.2) is 22.9 Å². The Morgan fingerprint density at radius 1 is 1.35 bits per heavy atom. The number of carbonyl (C=O) groups is 1. The van der Waals surface area contributed by atoms with Crippen molar-refractivity contribution < 1.29 is 19.6 Å². The van der Waals surface area contributed by atoms with E-state index in [1.165, 1.54) is 31.4 Å². The smallest absolute Gasteiger partial charge is 0.310 e. The van der Waals surface area contributed by atoms with E-state index in [1.807, 2.05) is 6.92 Å². The Balaban J connectivity index is 2.53. The molecule has 0 aromatic heterocycles. The highest BCUT2D eigenvalue weighted by atomic mass is 16.6. The van der Waals surface area contributed by atoms with Crippen LogP contribution in [0.15, 0.2) is 30.3 Å². The number of rotatable bonds is 5. The Morgan fingerprint density at radius 2 is 2.04 bits per heavy atom. The van der Waals surface area contributed by atoms with Crippen molar-refractivity contribution in [2.24, 2.45) is 0 Å². The van der Waals surface area contributed by atoms with E-state index >= 15 is 0 Å². The van der Waals surface area contributed by atoms with Gasteiger partial charge in [0.2, 0.25) is 0 Å². The van der Waals surface area contributed by atoms with Crippen LogP contribution < -0.4 is 10.5 Å². The number of nitrogens with two attached hydrogens (primary N) is 1. The number of nitrogens with zero attached hydrogens (tertiary/aromatic N) is 1. The number of nitro benzene ring substituents is 1. The van der Waals surface area contributed by atoms with Gasteiger partial charge in [0.25, 0.3) is 0 Å². The van der Waals surface area contributed by atoms with Gasteiger partial charge in [-0.05, 0) is 36.2 Å². The summed E-state index contributed by atoms with van der Waals surface area (Å²) in [4.78, 5) is 22.9. The zero-order valence-electron chi connectivity index (χ0n) is 12.7. The molecular weight excluding hydrogens is 300 g/mol. The average molecular weight is 316 g/mol. The van der Waals surface area contributed by atoms with Crippen molar-refractivity contribution in [1.82, 2.24) is 0 Å². The Kier molecular flexibility index (Phi) is 4.49. The Hall–Kier alpha value is -3.09. The van der Waals surface area contributed by atoms with E-state index in [2.05, 4.69) is 0 Å². The molecule has 0 aliphatic carbocycles. The van der Waals surface area contributed by atoms with E-state index in [0.29, 0.717) is 6.42 Å². The first-order chi connectivity index (χ1) is 10.9. The number of anilines is 1. The molecule has 0 fully saturated rings. The van der Waals surface area contributed by atoms with Gasteiger partial charge in [-0.1, -0.05) is 6.92 Å². The number of ether oxygens (including phenoxy) is 1. The van der Waals surface area contributed by atoms with Gasteiger partial charge in [0.15, 0.2) is 11.5 Å². The van der Waals surface area contributed by atoms with E-state index in [0.717, 1.165) is 5.56 Å². The molecule has 7 heteroatoms. The third kappa shape index (κ3) is 3.08. The number of phenolic OH excluding ortho intramolecular Hbond substituents is 1. The summed E-state index contributed by atoms with van der Waals surface area (Å²) < 4.78 is 4.96. The van der Waals surface area contributed by atoms with Crippen LogP contribution in [0.3, 0.4) is 0 Å². The molecule has 7 nitrogen and oxygen atoms in total. The monoisotopic (exact) mass is 316 g/mol. The maximum absolute atomic E-state index is 12.6. The van der Waals surface area contributed by atoms with Crippen LogP contribution >= 0.6 is 0 Å². The second-order valence-corrected chi connectivity index (χ2v) is 4.90. The van der Waals surface area contributed by atoms with Crippen LogP contribution in [0.4, 0.5) is 11.4 Å². The Bertz CT molecular complexity index is 786. The summed E-state index contributed by atoms with van der Waals surface area (Å²) in [5.74, 6) is -0.627. The number of hydrogen-bond donors (Lipinski definition) is 2. The summed E-state index contributed by atoms with van der Waals surface area (Å²) in [7, 11) is 1.29. The van der Waals surface area contributed by atoms with E-state index < -0.39 is 10.7 Å². The minimum atomic E-state index is -0.592. The van der Waals surface area contributed by atoms with Crippen LogP contribution in [0.2, 0.25) is 0 Å². The van der Waals surface area contributed by atoms with Gasteiger partial charge in [-0.25, -0.2) is 0 Å². The second-order valence-electron chi connectivity index (χ2n) is 4.90. The Morgan fingerprint density at radius 3 is 2.61 bits per heavy atom. The number of aryl methyl sites for hydroxylation is 1. The van der Waals surface area contributed by atoms with Crippen LogP contribution in [-0.2, 0) is 6.42 Å². The molecule has 0 heterocycles. The van der Waals surface area contributed by atoms with Crippen LogP contribution in [0.1, 0.15) is 28.4 Å². The number of benzene rings is 2. The van der Waals surface area contributed by atoms with Crippen molar-refractivity contribution in [3.8, 4) is 11.5 Å². The Labute approximate surface area is 132 Å². The van der Waals surface area contributed by atoms with E-state index in [1.54, 1.807) is 6.07 Å². The van der Waals surface area contributed by atoms with Crippen LogP contribution in [0.5, 0.6) is 11.5 Å². The normalized spacial score (nSPS) is 10.3. The van der Waals surface area contributed by atoms with Gasteiger partial charge >= 0.3 is 5.69 Å². The predicted molar refractivity (Wildman–Crippen MR) is 85.0 cm³/mol. The van der Waals surface area contributed by atoms with Gasteiger partial charge in [0.05, 0.1) is 17.7 Å². The highest BCUT2D eigenvalue weighted by Crippen LogP contribution is 2.32. The van der Waals surface area contributed by atoms with Gasteiger partial charge in [-0.2, -0.15) is 0 Å². The number of ketones is 1. The molecular formula is C16H16N2O5. The first-order valence-corrected chi connectivity index (χ1v) is 6.87. The molecule has 120 valence electrons. The number of carbonyl (C=O) groups excluding carboxylic acids is 1. The summed E-state index contributed by atoms with van der Waals surface area (Å²) in [6.45, 7) is 1.88. The van der Waals surface area contributed by atoms with Gasteiger partial charge in [-0.15, -0.1) is 0 Å². The SMILES string of the molecule is CCc1cc(O)c(N)c(C(=O)c2ccc([N+](=O)[O-])c(OC)c2)c1. The molecule has 0 saturated carbocycles. The van der Waals surface area contributed by atoms with Gasteiger partial charge in [0.1, 0.15) is 5.75 Å². The first-order valence-electron chi connectivity index (χ1n) is 6.87. The van der Waals surface area contributed by atoms with Crippen molar-refractivity contribution >= 4 is 17.2 Å². The number of phenols is 1. The minimum Gasteiger partial charge on any atom is -0.506 e. The molecule has 0 aliphatic rings. The molecule has 0 spiro atoms. The molecule has 0 amide bonds. The number of hydrogen-bond acceptors (Lipinski definition) is 6. The molecule has 0 bridgehead atoms. The zero-order valence-corrected chi connectivity index (χ0v) is 12.7. The molecule has 0 radical (unpaired) electrons. The van der Waals surface area contributed by atoms with Crippen molar-refractivity contribution in [2.45, 2.75) is 13.3 Å². The lowest BCUT2D eigenvalue weighted by Crippen LogP contribution is -2.07. The summed E-state index contributed by atoms with van der Waals surface area (Å²) >= 11 is 0. The maximum atomic E-state index is 12.6. The average Bonchev–Trinajstić information content (AvgIpc) is 2.55. The molecule has 2 aromatic carbocycles. The quantitative estimate of drug-likeness (QED) is 0.288. The number of nitrogen functional groups attached to an aromatic ring is 1. The summed E-state index contributed by atoms with van der Waals surface area (Å²) in [5.41, 5.74) is 6.62.